The fourth-order valence-electron chi connectivity index (χ4n) is 2.61. The van der Waals surface area contributed by atoms with Gasteiger partial charge >= 0.3 is 0 Å². The summed E-state index contributed by atoms with van der Waals surface area (Å²) < 4.78 is 5.51. The molecule has 2 aromatic rings. The highest BCUT2D eigenvalue weighted by molar-refractivity contribution is 5.97. The molecule has 1 aliphatic rings. The first-order chi connectivity index (χ1) is 11.0. The summed E-state index contributed by atoms with van der Waals surface area (Å²) in [5.74, 6) is 1.27. The van der Waals surface area contributed by atoms with Gasteiger partial charge < -0.3 is 15.0 Å². The Morgan fingerprint density at radius 3 is 2.61 bits per heavy atom. The van der Waals surface area contributed by atoms with Gasteiger partial charge in [-0.25, -0.2) is 0 Å². The molecule has 1 aliphatic heterocycles. The van der Waals surface area contributed by atoms with Crippen LogP contribution in [0.4, 0.5) is 11.4 Å². The summed E-state index contributed by atoms with van der Waals surface area (Å²) in [6.07, 6.45) is 0. The molecule has 0 atom stereocenters. The van der Waals surface area contributed by atoms with E-state index in [2.05, 4.69) is 43.4 Å². The predicted molar refractivity (Wildman–Crippen MR) is 93.2 cm³/mol. The first kappa shape index (κ1) is 15.4. The minimum absolute atomic E-state index is 0.0246. The first-order valence-corrected chi connectivity index (χ1v) is 7.90. The van der Waals surface area contributed by atoms with Crippen LogP contribution in [0.3, 0.4) is 0 Å². The predicted octanol–water partition coefficient (Wildman–Crippen LogP) is 3.78. The summed E-state index contributed by atoms with van der Waals surface area (Å²) in [5, 5.41) is 3.40. The van der Waals surface area contributed by atoms with Crippen molar-refractivity contribution < 1.29 is 9.53 Å². The summed E-state index contributed by atoms with van der Waals surface area (Å²) in [6.45, 7) is 5.25. The van der Waals surface area contributed by atoms with Crippen LogP contribution in [0, 0.1) is 0 Å². The van der Waals surface area contributed by atoms with E-state index in [1.54, 1.807) is 11.9 Å². The monoisotopic (exact) mass is 310 g/mol. The molecule has 0 saturated carbocycles. The highest BCUT2D eigenvalue weighted by Crippen LogP contribution is 2.33. The van der Waals surface area contributed by atoms with E-state index >= 15 is 0 Å². The SMILES string of the molecule is CC(C)c1ccc(CNc2ccc3c(c2)OCC(=O)N3C)cc1. The summed E-state index contributed by atoms with van der Waals surface area (Å²) in [4.78, 5) is 13.2. The van der Waals surface area contributed by atoms with Crippen LogP contribution in [0.25, 0.3) is 0 Å². The zero-order valence-corrected chi connectivity index (χ0v) is 13.8. The van der Waals surface area contributed by atoms with Crippen LogP contribution in [0.15, 0.2) is 42.5 Å². The number of rotatable bonds is 4. The molecule has 0 radical (unpaired) electrons. The minimum Gasteiger partial charge on any atom is -0.481 e. The van der Waals surface area contributed by atoms with Crippen molar-refractivity contribution in [2.75, 3.05) is 23.9 Å². The van der Waals surface area contributed by atoms with Gasteiger partial charge in [-0.05, 0) is 29.2 Å². The Bertz CT molecular complexity index is 708. The van der Waals surface area contributed by atoms with Crippen molar-refractivity contribution in [3.05, 3.63) is 53.6 Å². The van der Waals surface area contributed by atoms with Crippen molar-refractivity contribution in [2.45, 2.75) is 26.3 Å². The standard InChI is InChI=1S/C19H22N2O2/c1-13(2)15-6-4-14(5-7-15)11-20-16-8-9-17-18(10-16)23-12-19(22)21(17)3/h4-10,13,20H,11-12H2,1-3H3. The number of hydrogen-bond acceptors (Lipinski definition) is 3. The van der Waals surface area contributed by atoms with Crippen molar-refractivity contribution in [2.24, 2.45) is 0 Å². The maximum absolute atomic E-state index is 11.6. The number of carbonyl (C=O) groups excluding carboxylic acids is 1. The lowest BCUT2D eigenvalue weighted by molar-refractivity contribution is -0.120. The Balaban J connectivity index is 1.68. The van der Waals surface area contributed by atoms with Gasteiger partial charge in [-0.2, -0.15) is 0 Å². The highest BCUT2D eigenvalue weighted by atomic mass is 16.5. The van der Waals surface area contributed by atoms with Crippen molar-refractivity contribution in [3.8, 4) is 5.75 Å². The molecule has 0 aliphatic carbocycles. The molecule has 3 rings (SSSR count). The van der Waals surface area contributed by atoms with Crippen LogP contribution in [-0.4, -0.2) is 19.6 Å². The average Bonchev–Trinajstić information content (AvgIpc) is 2.56. The molecule has 0 unspecified atom stereocenters. The number of likely N-dealkylation sites (N-methyl/N-ethyl adjacent to an activating group) is 1. The Hall–Kier alpha value is -2.49. The van der Waals surface area contributed by atoms with E-state index in [-0.39, 0.29) is 12.5 Å². The van der Waals surface area contributed by atoms with Crippen molar-refractivity contribution in [1.82, 2.24) is 0 Å². The van der Waals surface area contributed by atoms with Crippen LogP contribution >= 0.6 is 0 Å². The number of carbonyl (C=O) groups is 1. The van der Waals surface area contributed by atoms with E-state index in [1.165, 1.54) is 11.1 Å². The minimum atomic E-state index is -0.0246. The van der Waals surface area contributed by atoms with Crippen LogP contribution in [0.2, 0.25) is 0 Å². The van der Waals surface area contributed by atoms with Crippen molar-refractivity contribution in [3.63, 3.8) is 0 Å². The molecular weight excluding hydrogens is 288 g/mol. The molecule has 1 heterocycles. The lowest BCUT2D eigenvalue weighted by Gasteiger charge is -2.26. The third-order valence-corrected chi connectivity index (χ3v) is 4.19. The van der Waals surface area contributed by atoms with Crippen molar-refractivity contribution >= 4 is 17.3 Å². The van der Waals surface area contributed by atoms with Gasteiger partial charge in [0.1, 0.15) is 5.75 Å². The molecule has 0 aromatic heterocycles. The molecule has 1 amide bonds. The number of amides is 1. The zero-order chi connectivity index (χ0) is 16.4. The summed E-state index contributed by atoms with van der Waals surface area (Å²) >= 11 is 0. The lowest BCUT2D eigenvalue weighted by Crippen LogP contribution is -2.35. The molecule has 1 N–H and O–H groups in total. The fraction of sp³-hybridized carbons (Fsp3) is 0.316. The zero-order valence-electron chi connectivity index (χ0n) is 13.8. The topological polar surface area (TPSA) is 41.6 Å². The van der Waals surface area contributed by atoms with E-state index in [0.717, 1.165) is 23.7 Å². The number of fused-ring (bicyclic) bond motifs is 1. The number of nitrogens with one attached hydrogen (secondary N) is 1. The third-order valence-electron chi connectivity index (χ3n) is 4.19. The molecule has 4 heteroatoms. The number of ether oxygens (including phenoxy) is 1. The second-order valence-electron chi connectivity index (χ2n) is 6.17. The smallest absolute Gasteiger partial charge is 0.264 e. The number of hydrogen-bond donors (Lipinski definition) is 1. The van der Waals surface area contributed by atoms with Gasteiger partial charge in [-0.3, -0.25) is 4.79 Å². The van der Waals surface area contributed by atoms with Crippen LogP contribution in [0.5, 0.6) is 5.75 Å². The van der Waals surface area contributed by atoms with E-state index in [0.29, 0.717) is 5.92 Å². The molecule has 0 saturated heterocycles. The number of benzene rings is 2. The summed E-state index contributed by atoms with van der Waals surface area (Å²) in [6, 6.07) is 14.5. The molecule has 23 heavy (non-hydrogen) atoms. The maximum atomic E-state index is 11.6. The summed E-state index contributed by atoms with van der Waals surface area (Å²) in [5.41, 5.74) is 4.39. The lowest BCUT2D eigenvalue weighted by atomic mass is 10.0. The van der Waals surface area contributed by atoms with Gasteiger partial charge in [-0.15, -0.1) is 0 Å². The van der Waals surface area contributed by atoms with Gasteiger partial charge in [0.25, 0.3) is 5.91 Å². The quantitative estimate of drug-likeness (QED) is 0.934. The van der Waals surface area contributed by atoms with Gasteiger partial charge in [0.2, 0.25) is 0 Å². The van der Waals surface area contributed by atoms with Crippen LogP contribution in [-0.2, 0) is 11.3 Å². The largest absolute Gasteiger partial charge is 0.481 e. The van der Waals surface area contributed by atoms with Gasteiger partial charge in [0, 0.05) is 25.3 Å². The third kappa shape index (κ3) is 3.31. The Morgan fingerprint density at radius 2 is 1.91 bits per heavy atom. The molecular formula is C19H22N2O2. The Morgan fingerprint density at radius 1 is 1.17 bits per heavy atom. The van der Waals surface area contributed by atoms with E-state index in [4.69, 9.17) is 4.74 Å². The van der Waals surface area contributed by atoms with Crippen molar-refractivity contribution in [1.29, 1.82) is 0 Å². The molecule has 0 fully saturated rings. The normalized spacial score (nSPS) is 13.7. The van der Waals surface area contributed by atoms with E-state index in [9.17, 15) is 4.79 Å². The van der Waals surface area contributed by atoms with Gasteiger partial charge in [0.15, 0.2) is 6.61 Å². The highest BCUT2D eigenvalue weighted by Gasteiger charge is 2.22. The number of nitrogens with zero attached hydrogens (tertiary/aromatic N) is 1. The van der Waals surface area contributed by atoms with E-state index < -0.39 is 0 Å². The fourth-order valence-corrected chi connectivity index (χ4v) is 2.61. The second-order valence-corrected chi connectivity index (χ2v) is 6.17. The Labute approximate surface area is 137 Å². The molecule has 4 nitrogen and oxygen atoms in total. The van der Waals surface area contributed by atoms with E-state index in [1.807, 2.05) is 18.2 Å². The van der Waals surface area contributed by atoms with Crippen LogP contribution in [0.1, 0.15) is 30.9 Å². The first-order valence-electron chi connectivity index (χ1n) is 7.90. The summed E-state index contributed by atoms with van der Waals surface area (Å²) in [7, 11) is 1.77. The molecule has 0 spiro atoms. The molecule has 0 bridgehead atoms. The number of anilines is 2. The maximum Gasteiger partial charge on any atom is 0.264 e. The van der Waals surface area contributed by atoms with Gasteiger partial charge in [0.05, 0.1) is 5.69 Å². The van der Waals surface area contributed by atoms with Crippen LogP contribution < -0.4 is 15.0 Å². The molecule has 120 valence electrons. The molecule has 2 aromatic carbocycles. The average molecular weight is 310 g/mol. The second kappa shape index (κ2) is 6.32. The Kier molecular flexibility index (Phi) is 4.24. The van der Waals surface area contributed by atoms with Gasteiger partial charge in [-0.1, -0.05) is 38.1 Å².